The molecule has 0 unspecified atom stereocenters. The van der Waals surface area contributed by atoms with Gasteiger partial charge in [0.05, 0.1) is 17.2 Å². The van der Waals surface area contributed by atoms with E-state index < -0.39 is 9.84 Å². The first-order valence-corrected chi connectivity index (χ1v) is 8.43. The number of hydrogen-bond acceptors (Lipinski definition) is 3. The van der Waals surface area contributed by atoms with E-state index in [2.05, 4.69) is 19.9 Å². The van der Waals surface area contributed by atoms with Crippen molar-refractivity contribution in [2.75, 3.05) is 12.0 Å². The number of sulfone groups is 1. The molecule has 0 bridgehead atoms. The maximum absolute atomic E-state index is 11.2. The topological polar surface area (TPSA) is 57.9 Å². The molecule has 0 aromatic heterocycles. The first-order chi connectivity index (χ1) is 7.78. The number of rotatable bonds is 4. The van der Waals surface area contributed by atoms with Crippen molar-refractivity contribution in [2.24, 2.45) is 17.3 Å². The van der Waals surface area contributed by atoms with Crippen molar-refractivity contribution >= 4 is 9.84 Å². The number of hydrogen-bond donors (Lipinski definition) is 0. The molecule has 4 heteroatoms. The zero-order valence-electron chi connectivity index (χ0n) is 11.1. The first-order valence-electron chi connectivity index (χ1n) is 6.37. The van der Waals surface area contributed by atoms with Gasteiger partial charge >= 0.3 is 0 Å². The van der Waals surface area contributed by atoms with Gasteiger partial charge in [-0.3, -0.25) is 0 Å². The van der Waals surface area contributed by atoms with Gasteiger partial charge in [-0.05, 0) is 43.9 Å². The van der Waals surface area contributed by atoms with E-state index in [0.29, 0.717) is 18.3 Å². The van der Waals surface area contributed by atoms with Crippen molar-refractivity contribution in [2.45, 2.75) is 46.0 Å². The van der Waals surface area contributed by atoms with Gasteiger partial charge in [0.25, 0.3) is 0 Å². The van der Waals surface area contributed by atoms with Crippen molar-refractivity contribution in [3.63, 3.8) is 0 Å². The summed E-state index contributed by atoms with van der Waals surface area (Å²) in [6.07, 6.45) is 5.61. The molecular formula is C13H23NO2S. The highest BCUT2D eigenvalue weighted by Crippen LogP contribution is 2.43. The summed E-state index contributed by atoms with van der Waals surface area (Å²) in [5.41, 5.74) is -0.380. The van der Waals surface area contributed by atoms with Gasteiger partial charge in [-0.15, -0.1) is 0 Å². The van der Waals surface area contributed by atoms with E-state index in [1.165, 1.54) is 6.26 Å². The molecule has 0 radical (unpaired) electrons. The van der Waals surface area contributed by atoms with E-state index in [9.17, 15) is 13.7 Å². The second-order valence-electron chi connectivity index (χ2n) is 5.85. The van der Waals surface area contributed by atoms with Crippen molar-refractivity contribution in [1.82, 2.24) is 0 Å². The molecule has 0 N–H and O–H groups in total. The second-order valence-corrected chi connectivity index (χ2v) is 8.11. The summed E-state index contributed by atoms with van der Waals surface area (Å²) in [6, 6.07) is 2.39. The van der Waals surface area contributed by atoms with Crippen LogP contribution in [0, 0.1) is 28.6 Å². The van der Waals surface area contributed by atoms with Crippen LogP contribution >= 0.6 is 0 Å². The number of nitriles is 1. The molecule has 0 aromatic rings. The molecule has 3 nitrogen and oxygen atoms in total. The molecule has 0 aliphatic heterocycles. The molecule has 1 aliphatic rings. The SMILES string of the molecule is CC(C)C1CCC(C#N)(CCS(C)(=O)=O)CC1. The van der Waals surface area contributed by atoms with Gasteiger partial charge in [0.15, 0.2) is 0 Å². The fourth-order valence-corrected chi connectivity index (χ4v) is 3.42. The van der Waals surface area contributed by atoms with Crippen molar-refractivity contribution in [3.05, 3.63) is 0 Å². The van der Waals surface area contributed by atoms with Crippen LogP contribution in [0.2, 0.25) is 0 Å². The molecule has 98 valence electrons. The Hall–Kier alpha value is -0.560. The number of nitrogens with zero attached hydrogens (tertiary/aromatic N) is 1. The molecule has 17 heavy (non-hydrogen) atoms. The average Bonchev–Trinajstić information content (AvgIpc) is 2.26. The van der Waals surface area contributed by atoms with Gasteiger partial charge in [0, 0.05) is 6.26 Å². The molecule has 1 saturated carbocycles. The van der Waals surface area contributed by atoms with Crippen LogP contribution in [0.5, 0.6) is 0 Å². The summed E-state index contributed by atoms with van der Waals surface area (Å²) in [5.74, 6) is 1.52. The summed E-state index contributed by atoms with van der Waals surface area (Å²) < 4.78 is 22.4. The van der Waals surface area contributed by atoms with Gasteiger partial charge in [0.1, 0.15) is 9.84 Å². The molecule has 0 spiro atoms. The Kier molecular flexibility index (Phi) is 4.60. The smallest absolute Gasteiger partial charge is 0.147 e. The maximum Gasteiger partial charge on any atom is 0.147 e. The largest absolute Gasteiger partial charge is 0.229 e. The molecule has 1 fully saturated rings. The predicted octanol–water partition coefficient (Wildman–Crippen LogP) is 2.78. The van der Waals surface area contributed by atoms with E-state index in [1.54, 1.807) is 0 Å². The second kappa shape index (κ2) is 5.39. The van der Waals surface area contributed by atoms with E-state index in [0.717, 1.165) is 25.7 Å². The van der Waals surface area contributed by atoms with Crippen molar-refractivity contribution in [3.8, 4) is 6.07 Å². The Morgan fingerprint density at radius 2 is 1.88 bits per heavy atom. The summed E-state index contributed by atoms with van der Waals surface area (Å²) in [4.78, 5) is 0. The van der Waals surface area contributed by atoms with Gasteiger partial charge in [-0.2, -0.15) is 5.26 Å². The monoisotopic (exact) mass is 257 g/mol. The van der Waals surface area contributed by atoms with E-state index >= 15 is 0 Å². The summed E-state index contributed by atoms with van der Waals surface area (Å²) in [7, 11) is -2.95. The Morgan fingerprint density at radius 1 is 1.35 bits per heavy atom. The summed E-state index contributed by atoms with van der Waals surface area (Å²) in [5, 5.41) is 9.32. The molecule has 1 rings (SSSR count). The minimum absolute atomic E-state index is 0.146. The van der Waals surface area contributed by atoms with Crippen molar-refractivity contribution in [1.29, 1.82) is 5.26 Å². The lowest BCUT2D eigenvalue weighted by atomic mass is 9.67. The zero-order valence-corrected chi connectivity index (χ0v) is 11.9. The third-order valence-electron chi connectivity index (χ3n) is 4.12. The normalized spacial score (nSPS) is 30.2. The van der Waals surface area contributed by atoms with Crippen LogP contribution in [0.25, 0.3) is 0 Å². The molecule has 0 amide bonds. The van der Waals surface area contributed by atoms with Crippen LogP contribution in [0.1, 0.15) is 46.0 Å². The molecule has 0 atom stereocenters. The quantitative estimate of drug-likeness (QED) is 0.778. The molecule has 0 aromatic carbocycles. The van der Waals surface area contributed by atoms with Gasteiger partial charge in [-0.25, -0.2) is 8.42 Å². The highest BCUT2D eigenvalue weighted by molar-refractivity contribution is 7.90. The minimum Gasteiger partial charge on any atom is -0.229 e. The van der Waals surface area contributed by atoms with Crippen LogP contribution in [0.15, 0.2) is 0 Å². The molecule has 1 aliphatic carbocycles. The minimum atomic E-state index is -2.95. The fraction of sp³-hybridized carbons (Fsp3) is 0.923. The summed E-state index contributed by atoms with van der Waals surface area (Å²) in [6.45, 7) is 4.45. The van der Waals surface area contributed by atoms with Gasteiger partial charge < -0.3 is 0 Å². The van der Waals surface area contributed by atoms with Crippen LogP contribution in [-0.2, 0) is 9.84 Å². The molecule has 0 saturated heterocycles. The van der Waals surface area contributed by atoms with Crippen LogP contribution in [0.4, 0.5) is 0 Å². The highest BCUT2D eigenvalue weighted by Gasteiger charge is 2.36. The maximum atomic E-state index is 11.2. The van der Waals surface area contributed by atoms with Crippen LogP contribution in [0.3, 0.4) is 0 Å². The van der Waals surface area contributed by atoms with Gasteiger partial charge in [0.2, 0.25) is 0 Å². The van der Waals surface area contributed by atoms with E-state index in [-0.39, 0.29) is 11.2 Å². The summed E-state index contributed by atoms with van der Waals surface area (Å²) >= 11 is 0. The van der Waals surface area contributed by atoms with Crippen LogP contribution < -0.4 is 0 Å². The lowest BCUT2D eigenvalue weighted by Gasteiger charge is -2.36. The lowest BCUT2D eigenvalue weighted by molar-refractivity contribution is 0.172. The Morgan fingerprint density at radius 3 is 2.24 bits per heavy atom. The van der Waals surface area contributed by atoms with E-state index in [4.69, 9.17) is 0 Å². The first kappa shape index (κ1) is 14.5. The third-order valence-corrected chi connectivity index (χ3v) is 5.06. The Balaban J connectivity index is 2.59. The Bertz CT molecular complexity index is 384. The van der Waals surface area contributed by atoms with Crippen LogP contribution in [-0.4, -0.2) is 20.4 Å². The van der Waals surface area contributed by atoms with E-state index in [1.807, 2.05) is 0 Å². The lowest BCUT2D eigenvalue weighted by Crippen LogP contribution is -2.30. The van der Waals surface area contributed by atoms with Crippen molar-refractivity contribution < 1.29 is 8.42 Å². The Labute approximate surface area is 105 Å². The fourth-order valence-electron chi connectivity index (χ4n) is 2.66. The standard InChI is InChI=1S/C13H23NO2S/c1-11(2)12-4-6-13(10-14,7-5-12)8-9-17(3,15)16/h11-12H,4-9H2,1-3H3. The molecular weight excluding hydrogens is 234 g/mol. The average molecular weight is 257 g/mol. The highest BCUT2D eigenvalue weighted by atomic mass is 32.2. The molecule has 0 heterocycles. The van der Waals surface area contributed by atoms with Gasteiger partial charge in [-0.1, -0.05) is 13.8 Å². The zero-order chi connectivity index (χ0) is 13.1. The predicted molar refractivity (Wildman–Crippen MR) is 69.2 cm³/mol. The third kappa shape index (κ3) is 4.31.